The molecule has 0 fully saturated rings. The van der Waals surface area contributed by atoms with Crippen LogP contribution in [0.3, 0.4) is 0 Å². The van der Waals surface area contributed by atoms with Crippen LogP contribution in [0.25, 0.3) is 0 Å². The van der Waals surface area contributed by atoms with Gasteiger partial charge in [0.2, 0.25) is 0 Å². The smallest absolute Gasteiger partial charge is 0.191 e. The minimum Gasteiger partial charge on any atom is -0.491 e. The normalized spacial score (nSPS) is 11.2. The lowest BCUT2D eigenvalue weighted by atomic mass is 10.1. The minimum atomic E-state index is -0.348. The first kappa shape index (κ1) is 17.8. The Morgan fingerprint density at radius 3 is 2.38 bits per heavy atom. The molecule has 0 heterocycles. The molecule has 5 heteroatoms. The van der Waals surface area contributed by atoms with Crippen molar-refractivity contribution in [3.8, 4) is 5.75 Å². The predicted octanol–water partition coefficient (Wildman–Crippen LogP) is 3.40. The molecule has 0 bridgehead atoms. The van der Waals surface area contributed by atoms with E-state index in [1.165, 1.54) is 17.2 Å². The molecule has 0 saturated heterocycles. The summed E-state index contributed by atoms with van der Waals surface area (Å²) in [7, 11) is 1.71. The second-order valence-corrected chi connectivity index (χ2v) is 5.47. The first-order chi connectivity index (χ1) is 11.6. The number of ether oxygens (including phenoxy) is 1. The number of nitrogens with one attached hydrogen (secondary N) is 2. The van der Waals surface area contributed by atoms with Crippen molar-refractivity contribution in [2.45, 2.75) is 26.9 Å². The SMILES string of the molecule is CCOc1ccc(CNC(=NC)NCc2cccc(C)c2)cc1F. The molecule has 24 heavy (non-hydrogen) atoms. The van der Waals surface area contributed by atoms with E-state index in [0.717, 1.165) is 5.56 Å². The standard InChI is InChI=1S/C19H24FN3O/c1-4-24-18-9-8-16(11-17(18)20)13-23-19(21-3)22-12-15-7-5-6-14(2)10-15/h5-11H,4,12-13H2,1-3H3,(H2,21,22,23). The molecule has 2 aromatic carbocycles. The highest BCUT2D eigenvalue weighted by Gasteiger charge is 2.05. The number of benzene rings is 2. The highest BCUT2D eigenvalue weighted by molar-refractivity contribution is 5.79. The van der Waals surface area contributed by atoms with Gasteiger partial charge in [0.25, 0.3) is 0 Å². The molecule has 0 aliphatic rings. The Morgan fingerprint density at radius 2 is 1.79 bits per heavy atom. The summed E-state index contributed by atoms with van der Waals surface area (Å²) in [4.78, 5) is 4.19. The van der Waals surface area contributed by atoms with Crippen LogP contribution in [0, 0.1) is 12.7 Å². The van der Waals surface area contributed by atoms with Crippen molar-refractivity contribution < 1.29 is 9.13 Å². The Balaban J connectivity index is 1.88. The van der Waals surface area contributed by atoms with Gasteiger partial charge in [0.1, 0.15) is 0 Å². The molecule has 0 spiro atoms. The Hall–Kier alpha value is -2.56. The summed E-state index contributed by atoms with van der Waals surface area (Å²) in [5.74, 6) is 0.605. The highest BCUT2D eigenvalue weighted by Crippen LogP contribution is 2.18. The van der Waals surface area contributed by atoms with Gasteiger partial charge in [0.15, 0.2) is 17.5 Å². The molecule has 0 aliphatic heterocycles. The maximum Gasteiger partial charge on any atom is 0.191 e. The summed E-state index contributed by atoms with van der Waals surface area (Å²) in [5, 5.41) is 6.43. The van der Waals surface area contributed by atoms with E-state index >= 15 is 0 Å². The lowest BCUT2D eigenvalue weighted by Gasteiger charge is -2.13. The molecular weight excluding hydrogens is 305 g/mol. The molecule has 0 atom stereocenters. The van der Waals surface area contributed by atoms with Crippen LogP contribution in [0.1, 0.15) is 23.6 Å². The minimum absolute atomic E-state index is 0.281. The second-order valence-electron chi connectivity index (χ2n) is 5.47. The topological polar surface area (TPSA) is 45.6 Å². The fraction of sp³-hybridized carbons (Fsp3) is 0.316. The number of hydrogen-bond donors (Lipinski definition) is 2. The number of nitrogens with zero attached hydrogens (tertiary/aromatic N) is 1. The van der Waals surface area contributed by atoms with Crippen molar-refractivity contribution in [1.29, 1.82) is 0 Å². The van der Waals surface area contributed by atoms with Crippen molar-refractivity contribution in [3.05, 3.63) is 65.0 Å². The third kappa shape index (κ3) is 5.26. The monoisotopic (exact) mass is 329 g/mol. The molecule has 0 unspecified atom stereocenters. The van der Waals surface area contributed by atoms with Gasteiger partial charge in [-0.2, -0.15) is 0 Å². The number of halogens is 1. The first-order valence-electron chi connectivity index (χ1n) is 8.03. The van der Waals surface area contributed by atoms with E-state index in [9.17, 15) is 4.39 Å². The molecule has 128 valence electrons. The number of aryl methyl sites for hydroxylation is 1. The maximum atomic E-state index is 13.9. The van der Waals surface area contributed by atoms with Crippen LogP contribution in [0.4, 0.5) is 4.39 Å². The lowest BCUT2D eigenvalue weighted by molar-refractivity contribution is 0.321. The zero-order valence-corrected chi connectivity index (χ0v) is 14.4. The van der Waals surface area contributed by atoms with E-state index in [1.54, 1.807) is 13.1 Å². The van der Waals surface area contributed by atoms with Crippen molar-refractivity contribution in [1.82, 2.24) is 10.6 Å². The molecule has 2 aromatic rings. The van der Waals surface area contributed by atoms with Gasteiger partial charge in [0.05, 0.1) is 6.61 Å². The van der Waals surface area contributed by atoms with Crippen LogP contribution in [0.2, 0.25) is 0 Å². The van der Waals surface area contributed by atoms with Gasteiger partial charge in [-0.15, -0.1) is 0 Å². The van der Waals surface area contributed by atoms with Gasteiger partial charge >= 0.3 is 0 Å². The van der Waals surface area contributed by atoms with E-state index in [2.05, 4.69) is 40.7 Å². The van der Waals surface area contributed by atoms with Crippen molar-refractivity contribution in [2.75, 3.05) is 13.7 Å². The zero-order valence-electron chi connectivity index (χ0n) is 14.4. The fourth-order valence-corrected chi connectivity index (χ4v) is 2.34. The summed E-state index contributed by atoms with van der Waals surface area (Å²) in [6.45, 7) is 5.51. The Bertz CT molecular complexity index is 701. The van der Waals surface area contributed by atoms with Gasteiger partial charge in [-0.3, -0.25) is 4.99 Å². The quantitative estimate of drug-likeness (QED) is 0.631. The van der Waals surface area contributed by atoms with E-state index < -0.39 is 0 Å². The predicted molar refractivity (Wildman–Crippen MR) is 95.8 cm³/mol. The van der Waals surface area contributed by atoms with Gasteiger partial charge in [0, 0.05) is 20.1 Å². The molecule has 2 N–H and O–H groups in total. The molecule has 0 radical (unpaired) electrons. The third-order valence-electron chi connectivity index (χ3n) is 3.52. The van der Waals surface area contributed by atoms with E-state index in [-0.39, 0.29) is 11.6 Å². The summed E-state index contributed by atoms with van der Waals surface area (Å²) in [6, 6.07) is 13.3. The molecule has 2 rings (SSSR count). The van der Waals surface area contributed by atoms with Crippen molar-refractivity contribution in [3.63, 3.8) is 0 Å². The number of aliphatic imine (C=N–C) groups is 1. The van der Waals surface area contributed by atoms with Gasteiger partial charge in [-0.05, 0) is 37.1 Å². The van der Waals surface area contributed by atoms with Gasteiger partial charge < -0.3 is 15.4 Å². The van der Waals surface area contributed by atoms with E-state index in [0.29, 0.717) is 25.7 Å². The number of rotatable bonds is 6. The zero-order chi connectivity index (χ0) is 17.4. The fourth-order valence-electron chi connectivity index (χ4n) is 2.34. The summed E-state index contributed by atoms with van der Waals surface area (Å²) in [5.41, 5.74) is 3.24. The number of guanidine groups is 1. The molecule has 0 amide bonds. The van der Waals surface area contributed by atoms with Crippen LogP contribution in [0.15, 0.2) is 47.5 Å². The Kier molecular flexibility index (Phi) is 6.61. The molecule has 0 saturated carbocycles. The first-order valence-corrected chi connectivity index (χ1v) is 8.03. The van der Waals surface area contributed by atoms with Crippen molar-refractivity contribution in [2.24, 2.45) is 4.99 Å². The second kappa shape index (κ2) is 8.91. The lowest BCUT2D eigenvalue weighted by Crippen LogP contribution is -2.36. The summed E-state index contributed by atoms with van der Waals surface area (Å²) >= 11 is 0. The summed E-state index contributed by atoms with van der Waals surface area (Å²) < 4.78 is 19.1. The Labute approximate surface area is 142 Å². The summed E-state index contributed by atoms with van der Waals surface area (Å²) in [6.07, 6.45) is 0. The van der Waals surface area contributed by atoms with Gasteiger partial charge in [-0.25, -0.2) is 4.39 Å². The third-order valence-corrected chi connectivity index (χ3v) is 3.52. The molecule has 0 aliphatic carbocycles. The maximum absolute atomic E-state index is 13.9. The van der Waals surface area contributed by atoms with E-state index in [4.69, 9.17) is 4.74 Å². The highest BCUT2D eigenvalue weighted by atomic mass is 19.1. The van der Waals surface area contributed by atoms with Crippen LogP contribution >= 0.6 is 0 Å². The van der Waals surface area contributed by atoms with E-state index in [1.807, 2.05) is 19.1 Å². The van der Waals surface area contributed by atoms with Gasteiger partial charge in [-0.1, -0.05) is 35.9 Å². The molecule has 4 nitrogen and oxygen atoms in total. The largest absolute Gasteiger partial charge is 0.491 e. The Morgan fingerprint density at radius 1 is 1.08 bits per heavy atom. The van der Waals surface area contributed by atoms with Crippen LogP contribution in [-0.2, 0) is 13.1 Å². The van der Waals surface area contributed by atoms with Crippen molar-refractivity contribution >= 4 is 5.96 Å². The average molecular weight is 329 g/mol. The average Bonchev–Trinajstić information content (AvgIpc) is 2.57. The van der Waals surface area contributed by atoms with Crippen LogP contribution in [0.5, 0.6) is 5.75 Å². The number of hydrogen-bond acceptors (Lipinski definition) is 2. The molecule has 0 aromatic heterocycles. The van der Waals surface area contributed by atoms with Crippen LogP contribution in [-0.4, -0.2) is 19.6 Å². The van der Waals surface area contributed by atoms with Crippen LogP contribution < -0.4 is 15.4 Å². The molecular formula is C19H24FN3O.